The molecule has 0 saturated carbocycles. The standard InChI is InChI=1S/C18H29N3O5S/c1-4-21(5-2)27(23,24)17-11-14(7-8-16(17)26-6-3)20-18(22)12-15-13-25-10-9-19-15/h7-8,11,15,19H,4-6,9-10,12-13H2,1-3H3,(H,20,22). The van der Waals surface area contributed by atoms with Gasteiger partial charge in [0.25, 0.3) is 0 Å². The molecule has 0 aromatic heterocycles. The number of nitrogens with one attached hydrogen (secondary N) is 2. The highest BCUT2D eigenvalue weighted by Gasteiger charge is 2.26. The largest absolute Gasteiger partial charge is 0.492 e. The Labute approximate surface area is 161 Å². The van der Waals surface area contributed by atoms with Gasteiger partial charge >= 0.3 is 0 Å². The summed E-state index contributed by atoms with van der Waals surface area (Å²) in [6.07, 6.45) is 0.255. The van der Waals surface area contributed by atoms with E-state index in [-0.39, 0.29) is 29.0 Å². The van der Waals surface area contributed by atoms with Crippen LogP contribution in [0.5, 0.6) is 5.75 Å². The molecule has 152 valence electrons. The van der Waals surface area contributed by atoms with Crippen LogP contribution < -0.4 is 15.4 Å². The minimum Gasteiger partial charge on any atom is -0.492 e. The second kappa shape index (κ2) is 10.0. The van der Waals surface area contributed by atoms with Crippen LogP contribution in [0.4, 0.5) is 5.69 Å². The topological polar surface area (TPSA) is 97.0 Å². The van der Waals surface area contributed by atoms with Gasteiger partial charge in [-0.3, -0.25) is 4.79 Å². The van der Waals surface area contributed by atoms with E-state index in [2.05, 4.69) is 10.6 Å². The van der Waals surface area contributed by atoms with Crippen molar-refractivity contribution < 1.29 is 22.7 Å². The Morgan fingerprint density at radius 3 is 2.67 bits per heavy atom. The average molecular weight is 400 g/mol. The highest BCUT2D eigenvalue weighted by atomic mass is 32.2. The molecule has 0 radical (unpaired) electrons. The van der Waals surface area contributed by atoms with E-state index in [1.807, 2.05) is 0 Å². The second-order valence-corrected chi connectivity index (χ2v) is 8.07. The molecule has 27 heavy (non-hydrogen) atoms. The molecule has 1 amide bonds. The second-order valence-electron chi connectivity index (χ2n) is 6.16. The first-order valence-corrected chi connectivity index (χ1v) is 10.7. The molecule has 9 heteroatoms. The number of ether oxygens (including phenoxy) is 2. The van der Waals surface area contributed by atoms with Crippen molar-refractivity contribution in [3.63, 3.8) is 0 Å². The van der Waals surface area contributed by atoms with Crippen LogP contribution in [0.3, 0.4) is 0 Å². The number of carbonyl (C=O) groups is 1. The first-order valence-electron chi connectivity index (χ1n) is 9.30. The zero-order chi connectivity index (χ0) is 19.9. The van der Waals surface area contributed by atoms with Gasteiger partial charge in [-0.05, 0) is 25.1 Å². The van der Waals surface area contributed by atoms with Crippen LogP contribution in [0.25, 0.3) is 0 Å². The number of nitrogens with zero attached hydrogens (tertiary/aromatic N) is 1. The molecule has 1 aromatic carbocycles. The van der Waals surface area contributed by atoms with Crippen LogP contribution >= 0.6 is 0 Å². The summed E-state index contributed by atoms with van der Waals surface area (Å²) in [7, 11) is -3.71. The van der Waals surface area contributed by atoms with Gasteiger partial charge in [-0.15, -0.1) is 0 Å². The smallest absolute Gasteiger partial charge is 0.246 e. The number of benzene rings is 1. The lowest BCUT2D eigenvalue weighted by molar-refractivity contribution is -0.117. The van der Waals surface area contributed by atoms with Gasteiger partial charge < -0.3 is 20.1 Å². The van der Waals surface area contributed by atoms with Crippen LogP contribution in [0.2, 0.25) is 0 Å². The van der Waals surface area contributed by atoms with Gasteiger partial charge in [0.1, 0.15) is 10.6 Å². The van der Waals surface area contributed by atoms with Crippen molar-refractivity contribution >= 4 is 21.6 Å². The highest BCUT2D eigenvalue weighted by molar-refractivity contribution is 7.89. The Bertz CT molecular complexity index is 729. The summed E-state index contributed by atoms with van der Waals surface area (Å²) >= 11 is 0. The fourth-order valence-electron chi connectivity index (χ4n) is 2.95. The number of hydrogen-bond donors (Lipinski definition) is 2. The third-order valence-corrected chi connectivity index (χ3v) is 6.35. The number of amides is 1. The van der Waals surface area contributed by atoms with E-state index in [1.165, 1.54) is 10.4 Å². The third-order valence-electron chi connectivity index (χ3n) is 4.28. The SMILES string of the molecule is CCOc1ccc(NC(=O)CC2COCCN2)cc1S(=O)(=O)N(CC)CC. The Balaban J connectivity index is 2.22. The molecule has 1 atom stereocenters. The summed E-state index contributed by atoms with van der Waals surface area (Å²) in [5, 5.41) is 5.99. The van der Waals surface area contributed by atoms with Crippen molar-refractivity contribution in [1.82, 2.24) is 9.62 Å². The van der Waals surface area contributed by atoms with E-state index >= 15 is 0 Å². The van der Waals surface area contributed by atoms with Crippen molar-refractivity contribution in [1.29, 1.82) is 0 Å². The molecule has 0 aliphatic carbocycles. The van der Waals surface area contributed by atoms with Crippen LogP contribution in [-0.2, 0) is 19.6 Å². The summed E-state index contributed by atoms with van der Waals surface area (Å²) in [5.74, 6) is 0.0816. The van der Waals surface area contributed by atoms with Crippen molar-refractivity contribution in [2.24, 2.45) is 0 Å². The summed E-state index contributed by atoms with van der Waals surface area (Å²) < 4.78 is 38.1. The Hall–Kier alpha value is -1.68. The number of sulfonamides is 1. The molecule has 8 nitrogen and oxygen atoms in total. The van der Waals surface area contributed by atoms with E-state index in [9.17, 15) is 13.2 Å². The zero-order valence-corrected chi connectivity index (χ0v) is 17.0. The van der Waals surface area contributed by atoms with E-state index in [1.54, 1.807) is 32.9 Å². The lowest BCUT2D eigenvalue weighted by Gasteiger charge is -2.23. The first kappa shape index (κ1) is 21.6. The molecule has 1 aliphatic heterocycles. The van der Waals surface area contributed by atoms with Gasteiger partial charge in [0, 0.05) is 37.8 Å². The molecule has 1 aliphatic rings. The maximum atomic E-state index is 13.0. The number of carbonyl (C=O) groups excluding carboxylic acids is 1. The van der Waals surface area contributed by atoms with Gasteiger partial charge in [-0.1, -0.05) is 13.8 Å². The van der Waals surface area contributed by atoms with Crippen molar-refractivity contribution in [2.45, 2.75) is 38.1 Å². The van der Waals surface area contributed by atoms with Gasteiger partial charge in [-0.25, -0.2) is 8.42 Å². The van der Waals surface area contributed by atoms with Gasteiger partial charge in [0.15, 0.2) is 0 Å². The van der Waals surface area contributed by atoms with E-state index in [0.29, 0.717) is 45.1 Å². The first-order chi connectivity index (χ1) is 12.9. The quantitative estimate of drug-likeness (QED) is 0.652. The molecule has 0 spiro atoms. The van der Waals surface area contributed by atoms with E-state index in [0.717, 1.165) is 0 Å². The zero-order valence-electron chi connectivity index (χ0n) is 16.2. The fourth-order valence-corrected chi connectivity index (χ4v) is 4.57. The lowest BCUT2D eigenvalue weighted by atomic mass is 10.2. The molecule has 1 fully saturated rings. The molecule has 1 saturated heterocycles. The van der Waals surface area contributed by atoms with Crippen molar-refractivity contribution in [3.8, 4) is 5.75 Å². The minimum absolute atomic E-state index is 0.0414. The summed E-state index contributed by atoms with van der Waals surface area (Å²) in [6, 6.07) is 4.65. The summed E-state index contributed by atoms with van der Waals surface area (Å²) in [5.41, 5.74) is 0.422. The van der Waals surface area contributed by atoms with Gasteiger partial charge in [0.2, 0.25) is 15.9 Å². The predicted molar refractivity (Wildman–Crippen MR) is 104 cm³/mol. The molecule has 1 aromatic rings. The Kier molecular flexibility index (Phi) is 8.03. The molecule has 2 N–H and O–H groups in total. The molecule has 0 bridgehead atoms. The molecule has 1 heterocycles. The fraction of sp³-hybridized carbons (Fsp3) is 0.611. The molecular weight excluding hydrogens is 370 g/mol. The number of hydrogen-bond acceptors (Lipinski definition) is 6. The predicted octanol–water partition coefficient (Wildman–Crippen LogP) is 1.43. The maximum absolute atomic E-state index is 13.0. The van der Waals surface area contributed by atoms with Crippen molar-refractivity contribution in [2.75, 3.05) is 44.8 Å². The molecule has 1 unspecified atom stereocenters. The Morgan fingerprint density at radius 1 is 1.33 bits per heavy atom. The number of rotatable bonds is 9. The van der Waals surface area contributed by atoms with Gasteiger partial charge in [0.05, 0.1) is 19.8 Å². The molecular formula is C18H29N3O5S. The maximum Gasteiger partial charge on any atom is 0.246 e. The minimum atomic E-state index is -3.71. The summed E-state index contributed by atoms with van der Waals surface area (Å²) in [6.45, 7) is 8.26. The van der Waals surface area contributed by atoms with Crippen LogP contribution in [0.1, 0.15) is 27.2 Å². The van der Waals surface area contributed by atoms with E-state index < -0.39 is 10.0 Å². The van der Waals surface area contributed by atoms with Crippen molar-refractivity contribution in [3.05, 3.63) is 18.2 Å². The number of morpholine rings is 1. The normalized spacial score (nSPS) is 17.7. The highest BCUT2D eigenvalue weighted by Crippen LogP contribution is 2.30. The van der Waals surface area contributed by atoms with Crippen LogP contribution in [0, 0.1) is 0 Å². The lowest BCUT2D eigenvalue weighted by Crippen LogP contribution is -2.43. The molecule has 2 rings (SSSR count). The van der Waals surface area contributed by atoms with Crippen LogP contribution in [0.15, 0.2) is 23.1 Å². The monoisotopic (exact) mass is 399 g/mol. The third kappa shape index (κ3) is 5.65. The Morgan fingerprint density at radius 2 is 2.07 bits per heavy atom. The summed E-state index contributed by atoms with van der Waals surface area (Å²) in [4.78, 5) is 12.4. The van der Waals surface area contributed by atoms with Gasteiger partial charge in [-0.2, -0.15) is 4.31 Å². The van der Waals surface area contributed by atoms with E-state index in [4.69, 9.17) is 9.47 Å². The number of anilines is 1. The average Bonchev–Trinajstić information content (AvgIpc) is 2.64. The van der Waals surface area contributed by atoms with Crippen LogP contribution in [-0.4, -0.2) is 64.1 Å².